The minimum absolute atomic E-state index is 0.0671. The topological polar surface area (TPSA) is 103 Å². The van der Waals surface area contributed by atoms with Gasteiger partial charge in [-0.15, -0.1) is 11.3 Å². The standard InChI is InChI=1S/C30H30F2N4O3S2/c31-21-5-1-20(2-6-21)29-34-26(24-10-7-22(32)17-25(24)28(37)35-30(18-33)11-12-30)27(40-29)19-3-8-23(9-4-19)36-13-15-41(38,39)16-14-36/h1-6,8-9,22,24-25H,7,10-17H2,(H,35,37)/t22-,24+,25+/m0/s1. The van der Waals surface area contributed by atoms with Gasteiger partial charge in [0, 0.05) is 36.2 Å². The van der Waals surface area contributed by atoms with E-state index in [2.05, 4.69) is 11.4 Å². The monoisotopic (exact) mass is 596 g/mol. The maximum atomic E-state index is 14.7. The van der Waals surface area contributed by atoms with Crippen molar-refractivity contribution in [1.29, 1.82) is 5.26 Å². The van der Waals surface area contributed by atoms with Gasteiger partial charge in [-0.25, -0.2) is 22.2 Å². The third kappa shape index (κ3) is 5.86. The highest BCUT2D eigenvalue weighted by Gasteiger charge is 2.48. The smallest absolute Gasteiger partial charge is 0.225 e. The Morgan fingerprint density at radius 2 is 1.71 bits per heavy atom. The maximum absolute atomic E-state index is 14.7. The number of benzene rings is 2. The number of nitrogens with one attached hydrogen (secondary N) is 1. The molecule has 2 saturated carbocycles. The van der Waals surface area contributed by atoms with Gasteiger partial charge in [-0.1, -0.05) is 12.1 Å². The summed E-state index contributed by atoms with van der Waals surface area (Å²) in [4.78, 5) is 21.3. The minimum Gasteiger partial charge on any atom is -0.369 e. The molecule has 1 aliphatic heterocycles. The van der Waals surface area contributed by atoms with Crippen LogP contribution in [0.1, 0.15) is 43.7 Å². The number of halogens is 2. The van der Waals surface area contributed by atoms with Crippen LogP contribution < -0.4 is 10.2 Å². The number of aromatic nitrogens is 1. The van der Waals surface area contributed by atoms with E-state index in [1.54, 1.807) is 12.1 Å². The summed E-state index contributed by atoms with van der Waals surface area (Å²) in [5.41, 5.74) is 2.42. The van der Waals surface area contributed by atoms with Crippen molar-refractivity contribution in [1.82, 2.24) is 10.3 Å². The fourth-order valence-electron chi connectivity index (χ4n) is 5.75. The van der Waals surface area contributed by atoms with Crippen molar-refractivity contribution < 1.29 is 22.0 Å². The Labute approximate surface area is 242 Å². The van der Waals surface area contributed by atoms with Gasteiger partial charge in [0.25, 0.3) is 0 Å². The molecule has 2 aromatic carbocycles. The highest BCUT2D eigenvalue weighted by molar-refractivity contribution is 7.91. The zero-order valence-corrected chi connectivity index (χ0v) is 24.0. The summed E-state index contributed by atoms with van der Waals surface area (Å²) < 4.78 is 52.1. The van der Waals surface area contributed by atoms with Crippen molar-refractivity contribution in [3.05, 3.63) is 60.0 Å². The molecule has 41 heavy (non-hydrogen) atoms. The largest absolute Gasteiger partial charge is 0.369 e. The molecule has 1 aromatic heterocycles. The van der Waals surface area contributed by atoms with Crippen LogP contribution in [0.4, 0.5) is 14.5 Å². The summed E-state index contributed by atoms with van der Waals surface area (Å²) in [5, 5.41) is 13.1. The third-order valence-electron chi connectivity index (χ3n) is 8.38. The van der Waals surface area contributed by atoms with Gasteiger partial charge in [-0.05, 0) is 74.1 Å². The van der Waals surface area contributed by atoms with Crippen molar-refractivity contribution >= 4 is 32.8 Å². The van der Waals surface area contributed by atoms with Crippen molar-refractivity contribution in [3.8, 4) is 27.1 Å². The minimum atomic E-state index is -2.99. The molecule has 3 aromatic rings. The lowest BCUT2D eigenvalue weighted by Gasteiger charge is -2.32. The fraction of sp³-hybridized carbons (Fsp3) is 0.433. The highest BCUT2D eigenvalue weighted by atomic mass is 32.2. The Hall–Kier alpha value is -3.36. The number of hydrogen-bond acceptors (Lipinski definition) is 7. The van der Waals surface area contributed by atoms with E-state index in [1.165, 1.54) is 23.5 Å². The van der Waals surface area contributed by atoms with Crippen LogP contribution in [0.5, 0.6) is 0 Å². The van der Waals surface area contributed by atoms with Gasteiger partial charge < -0.3 is 10.2 Å². The first-order valence-electron chi connectivity index (χ1n) is 13.9. The van der Waals surface area contributed by atoms with Crippen LogP contribution in [0, 0.1) is 23.1 Å². The second kappa shape index (κ2) is 10.8. The molecule has 3 atom stereocenters. The van der Waals surface area contributed by atoms with Crippen LogP contribution >= 0.6 is 11.3 Å². The summed E-state index contributed by atoms with van der Waals surface area (Å²) >= 11 is 1.45. The molecule has 3 fully saturated rings. The van der Waals surface area contributed by atoms with Gasteiger partial charge in [-0.3, -0.25) is 4.79 Å². The van der Waals surface area contributed by atoms with E-state index in [4.69, 9.17) is 4.98 Å². The number of carbonyl (C=O) groups is 1. The Balaban J connectivity index is 1.36. The van der Waals surface area contributed by atoms with E-state index >= 15 is 0 Å². The van der Waals surface area contributed by atoms with E-state index in [1.807, 2.05) is 29.2 Å². The van der Waals surface area contributed by atoms with Crippen LogP contribution in [0.2, 0.25) is 0 Å². The van der Waals surface area contributed by atoms with Crippen LogP contribution in [-0.2, 0) is 14.6 Å². The number of alkyl halides is 1. The summed E-state index contributed by atoms with van der Waals surface area (Å²) in [5.74, 6) is -1.42. The van der Waals surface area contributed by atoms with E-state index in [-0.39, 0.29) is 35.6 Å². The number of nitriles is 1. The molecule has 0 bridgehead atoms. The highest BCUT2D eigenvalue weighted by Crippen LogP contribution is 2.47. The molecular formula is C30H30F2N4O3S2. The zero-order chi connectivity index (χ0) is 28.8. The van der Waals surface area contributed by atoms with Gasteiger partial charge in [-0.2, -0.15) is 5.26 Å². The van der Waals surface area contributed by atoms with Gasteiger partial charge >= 0.3 is 0 Å². The molecule has 6 rings (SSSR count). The molecule has 7 nitrogen and oxygen atoms in total. The summed E-state index contributed by atoms with van der Waals surface area (Å²) in [6, 6.07) is 16.1. The number of carbonyl (C=O) groups excluding carboxylic acids is 1. The third-order valence-corrected chi connectivity index (χ3v) is 11.2. The second-order valence-electron chi connectivity index (χ2n) is 11.2. The molecule has 0 radical (unpaired) electrons. The first kappa shape index (κ1) is 27.8. The molecule has 1 saturated heterocycles. The fourth-order valence-corrected chi connectivity index (χ4v) is 8.10. The van der Waals surface area contributed by atoms with Crippen LogP contribution in [0.25, 0.3) is 21.0 Å². The molecule has 1 amide bonds. The van der Waals surface area contributed by atoms with Crippen LogP contribution in [0.3, 0.4) is 0 Å². The molecule has 2 heterocycles. The first-order chi connectivity index (χ1) is 19.7. The molecule has 1 N–H and O–H groups in total. The number of thiazole rings is 1. The van der Waals surface area contributed by atoms with Gasteiger partial charge in [0.15, 0.2) is 9.84 Å². The Morgan fingerprint density at radius 1 is 1.05 bits per heavy atom. The Kier molecular flexibility index (Phi) is 7.32. The SMILES string of the molecule is N#CC1(NC(=O)[C@@H]2C[C@@H](F)CC[C@H]2c2nc(-c3ccc(F)cc3)sc2-c2ccc(N3CCS(=O)(=O)CC3)cc2)CC1. The molecule has 11 heteroatoms. The Bertz CT molecular complexity index is 1580. The van der Waals surface area contributed by atoms with E-state index in [0.717, 1.165) is 21.7 Å². The molecule has 2 aliphatic carbocycles. The summed E-state index contributed by atoms with van der Waals surface area (Å²) in [6.07, 6.45) is 0.911. The van der Waals surface area contributed by atoms with Crippen molar-refractivity contribution in [2.45, 2.75) is 49.7 Å². The van der Waals surface area contributed by atoms with Gasteiger partial charge in [0.1, 0.15) is 22.5 Å². The molecule has 0 spiro atoms. The number of rotatable bonds is 6. The second-order valence-corrected chi connectivity index (χ2v) is 14.5. The van der Waals surface area contributed by atoms with Gasteiger partial charge in [0.2, 0.25) is 5.91 Å². The average Bonchev–Trinajstić information content (AvgIpc) is 3.60. The molecular weight excluding hydrogens is 566 g/mol. The number of nitrogens with zero attached hydrogens (tertiary/aromatic N) is 3. The summed E-state index contributed by atoms with van der Waals surface area (Å²) in [6.45, 7) is 0.880. The van der Waals surface area contributed by atoms with Crippen molar-refractivity contribution in [2.24, 2.45) is 5.92 Å². The number of anilines is 1. The summed E-state index contributed by atoms with van der Waals surface area (Å²) in [7, 11) is -2.99. The number of amides is 1. The molecule has 214 valence electrons. The lowest BCUT2D eigenvalue weighted by atomic mass is 9.75. The molecule has 0 unspecified atom stereocenters. The van der Waals surface area contributed by atoms with Crippen molar-refractivity contribution in [3.63, 3.8) is 0 Å². The zero-order valence-electron chi connectivity index (χ0n) is 22.4. The molecule has 3 aliphatic rings. The predicted octanol–water partition coefficient (Wildman–Crippen LogP) is 5.25. The first-order valence-corrected chi connectivity index (χ1v) is 16.5. The van der Waals surface area contributed by atoms with Crippen LogP contribution in [0.15, 0.2) is 48.5 Å². The van der Waals surface area contributed by atoms with E-state index < -0.39 is 27.5 Å². The normalized spacial score (nSPS) is 24.8. The maximum Gasteiger partial charge on any atom is 0.225 e. The number of sulfone groups is 1. The van der Waals surface area contributed by atoms with E-state index in [9.17, 15) is 27.3 Å². The lowest BCUT2D eigenvalue weighted by Crippen LogP contribution is -2.44. The van der Waals surface area contributed by atoms with E-state index in [0.29, 0.717) is 49.5 Å². The number of hydrogen-bond donors (Lipinski definition) is 1. The van der Waals surface area contributed by atoms with Gasteiger partial charge in [0.05, 0.1) is 28.1 Å². The lowest BCUT2D eigenvalue weighted by molar-refractivity contribution is -0.128. The Morgan fingerprint density at radius 3 is 2.34 bits per heavy atom. The van der Waals surface area contributed by atoms with Crippen molar-refractivity contribution in [2.75, 3.05) is 29.5 Å². The quantitative estimate of drug-likeness (QED) is 0.417. The average molecular weight is 597 g/mol. The van der Waals surface area contributed by atoms with Crippen LogP contribution in [-0.4, -0.2) is 55.6 Å². The predicted molar refractivity (Wildman–Crippen MR) is 155 cm³/mol.